The predicted octanol–water partition coefficient (Wildman–Crippen LogP) is 5.27. The second-order valence-corrected chi connectivity index (χ2v) is 8.81. The molecule has 0 bridgehead atoms. The van der Waals surface area contributed by atoms with Gasteiger partial charge in [-0.2, -0.15) is 5.10 Å². The van der Waals surface area contributed by atoms with Crippen molar-refractivity contribution in [2.24, 2.45) is 5.10 Å². The maximum absolute atomic E-state index is 12.3. The fraction of sp³-hybridized carbons (Fsp3) is 0.0435. The molecule has 0 radical (unpaired) electrons. The highest BCUT2D eigenvalue weighted by Gasteiger charge is 2.08. The summed E-state index contributed by atoms with van der Waals surface area (Å²) in [6, 6.07) is 18.4. The molecular weight excluding hydrogens is 524 g/mol. The van der Waals surface area contributed by atoms with Crippen molar-refractivity contribution in [1.82, 2.24) is 9.99 Å². The van der Waals surface area contributed by atoms with Crippen LogP contribution in [-0.4, -0.2) is 21.8 Å². The number of nitrogen functional groups attached to an aromatic ring is 1. The van der Waals surface area contributed by atoms with Gasteiger partial charge >= 0.3 is 0 Å². The van der Waals surface area contributed by atoms with Crippen LogP contribution in [0.5, 0.6) is 5.75 Å². The van der Waals surface area contributed by atoms with Crippen LogP contribution in [0.3, 0.4) is 0 Å². The first-order valence-corrected chi connectivity index (χ1v) is 10.9. The Morgan fingerprint density at radius 2 is 1.87 bits per heavy atom. The zero-order chi connectivity index (χ0) is 22.0. The number of hydrazone groups is 1. The number of anilines is 1. The number of nitrogens with two attached hydrogens (primary N) is 1. The van der Waals surface area contributed by atoms with E-state index in [2.05, 4.69) is 65.2 Å². The van der Waals surface area contributed by atoms with Crippen LogP contribution in [0.15, 0.2) is 80.9 Å². The Balaban J connectivity index is 1.53. The molecule has 6 nitrogen and oxygen atoms in total. The van der Waals surface area contributed by atoms with Gasteiger partial charge in [-0.1, -0.05) is 44.0 Å². The summed E-state index contributed by atoms with van der Waals surface area (Å²) in [6.45, 7) is 0.723. The summed E-state index contributed by atoms with van der Waals surface area (Å²) < 4.78 is 4.21. The number of hydrogen-bond donors (Lipinski definition) is 3. The lowest BCUT2D eigenvalue weighted by molar-refractivity contribution is 0.0955. The number of carbonyl (C=O) groups is 1. The van der Waals surface area contributed by atoms with Crippen molar-refractivity contribution >= 4 is 60.6 Å². The monoisotopic (exact) mass is 540 g/mol. The molecule has 4 rings (SSSR count). The van der Waals surface area contributed by atoms with Gasteiger partial charge in [-0.25, -0.2) is 5.43 Å². The molecule has 0 saturated carbocycles. The number of nitrogens with zero attached hydrogens (tertiary/aromatic N) is 2. The van der Waals surface area contributed by atoms with Crippen molar-refractivity contribution in [2.45, 2.75) is 6.54 Å². The molecule has 8 heteroatoms. The lowest BCUT2D eigenvalue weighted by Crippen LogP contribution is -2.17. The van der Waals surface area contributed by atoms with E-state index in [1.165, 1.54) is 23.8 Å². The Hall–Kier alpha value is -3.10. The van der Waals surface area contributed by atoms with Crippen LogP contribution in [0.1, 0.15) is 21.5 Å². The number of halogens is 2. The molecular formula is C23H18Br2N4O2. The zero-order valence-corrected chi connectivity index (χ0v) is 19.4. The number of phenolic OH excluding ortho intramolecular Hbond substituents is 1. The molecule has 1 aromatic heterocycles. The molecule has 156 valence electrons. The van der Waals surface area contributed by atoms with E-state index in [4.69, 9.17) is 5.73 Å². The third-order valence-corrected chi connectivity index (χ3v) is 5.70. The smallest absolute Gasteiger partial charge is 0.271 e. The number of fused-ring (bicyclic) bond motifs is 1. The molecule has 0 fully saturated rings. The van der Waals surface area contributed by atoms with E-state index in [0.717, 1.165) is 32.0 Å². The van der Waals surface area contributed by atoms with Crippen LogP contribution >= 0.6 is 31.9 Å². The van der Waals surface area contributed by atoms with Crippen LogP contribution in [0.2, 0.25) is 0 Å². The van der Waals surface area contributed by atoms with Crippen molar-refractivity contribution < 1.29 is 9.90 Å². The van der Waals surface area contributed by atoms with Crippen molar-refractivity contribution in [3.05, 3.63) is 92.5 Å². The number of amides is 1. The molecule has 0 unspecified atom stereocenters. The number of aromatic nitrogens is 1. The van der Waals surface area contributed by atoms with E-state index in [1.807, 2.05) is 30.5 Å². The van der Waals surface area contributed by atoms with Crippen molar-refractivity contribution in [3.8, 4) is 5.75 Å². The lowest BCUT2D eigenvalue weighted by atomic mass is 10.1. The van der Waals surface area contributed by atoms with Gasteiger partial charge in [0.1, 0.15) is 5.75 Å². The molecule has 4 aromatic rings. The quantitative estimate of drug-likeness (QED) is 0.139. The summed E-state index contributed by atoms with van der Waals surface area (Å²) in [6.07, 6.45) is 3.65. The number of rotatable bonds is 5. The second-order valence-electron chi connectivity index (χ2n) is 6.97. The standard InChI is InChI=1S/C23H18Br2N4O2/c24-17-8-14(9-18(25)11-17)13-29-7-6-19-16(2-1-3-21(19)29)12-27-28-23(31)15-4-5-22(30)20(26)10-15/h1-12,30H,13,26H2,(H,28,31)/b27-12+. The first kappa shape index (κ1) is 21.1. The lowest BCUT2D eigenvalue weighted by Gasteiger charge is -2.08. The number of hydrogen-bond acceptors (Lipinski definition) is 4. The van der Waals surface area contributed by atoms with E-state index in [1.54, 1.807) is 6.21 Å². The summed E-state index contributed by atoms with van der Waals surface area (Å²) in [4.78, 5) is 12.3. The van der Waals surface area contributed by atoms with Crippen LogP contribution in [0.4, 0.5) is 5.69 Å². The van der Waals surface area contributed by atoms with Crippen molar-refractivity contribution in [2.75, 3.05) is 5.73 Å². The Morgan fingerprint density at radius 1 is 1.10 bits per heavy atom. The fourth-order valence-electron chi connectivity index (χ4n) is 3.32. The molecule has 0 atom stereocenters. The van der Waals surface area contributed by atoms with E-state index in [0.29, 0.717) is 5.56 Å². The number of nitrogens with one attached hydrogen (secondary N) is 1. The highest BCUT2D eigenvalue weighted by molar-refractivity contribution is 9.11. The highest BCUT2D eigenvalue weighted by Crippen LogP contribution is 2.24. The molecule has 3 aromatic carbocycles. The highest BCUT2D eigenvalue weighted by atomic mass is 79.9. The average Bonchev–Trinajstić information content (AvgIpc) is 3.13. The minimum Gasteiger partial charge on any atom is -0.506 e. The minimum atomic E-state index is -0.409. The number of aromatic hydroxyl groups is 1. The average molecular weight is 542 g/mol. The van der Waals surface area contributed by atoms with Gasteiger partial charge in [0.05, 0.1) is 11.9 Å². The van der Waals surface area contributed by atoms with Gasteiger partial charge in [0.2, 0.25) is 0 Å². The fourth-order valence-corrected chi connectivity index (χ4v) is 4.71. The van der Waals surface area contributed by atoms with Gasteiger partial charge in [0, 0.05) is 43.7 Å². The number of carbonyl (C=O) groups excluding carboxylic acids is 1. The van der Waals surface area contributed by atoms with Gasteiger partial charge in [0.15, 0.2) is 0 Å². The molecule has 0 aliphatic rings. The summed E-state index contributed by atoms with van der Waals surface area (Å²) >= 11 is 7.06. The van der Waals surface area contributed by atoms with Crippen molar-refractivity contribution in [1.29, 1.82) is 0 Å². The summed E-state index contributed by atoms with van der Waals surface area (Å²) in [5.41, 5.74) is 11.7. The van der Waals surface area contributed by atoms with Crippen LogP contribution in [0, 0.1) is 0 Å². The molecule has 0 spiro atoms. The molecule has 1 amide bonds. The van der Waals surface area contributed by atoms with Crippen LogP contribution in [0.25, 0.3) is 10.9 Å². The van der Waals surface area contributed by atoms with E-state index in [-0.39, 0.29) is 11.4 Å². The minimum absolute atomic E-state index is 0.0635. The maximum atomic E-state index is 12.3. The molecule has 0 aliphatic heterocycles. The molecule has 0 aliphatic carbocycles. The molecule has 0 saturated heterocycles. The van der Waals surface area contributed by atoms with Gasteiger partial charge in [-0.3, -0.25) is 4.79 Å². The van der Waals surface area contributed by atoms with Crippen LogP contribution in [-0.2, 0) is 6.54 Å². The SMILES string of the molecule is Nc1cc(C(=O)N/N=C/c2cccc3c2ccn3Cc2cc(Br)cc(Br)c2)ccc1O. The van der Waals surface area contributed by atoms with Gasteiger partial charge in [0.25, 0.3) is 5.91 Å². The van der Waals surface area contributed by atoms with E-state index < -0.39 is 5.91 Å². The second kappa shape index (κ2) is 8.95. The third kappa shape index (κ3) is 4.81. The molecule has 31 heavy (non-hydrogen) atoms. The first-order chi connectivity index (χ1) is 14.9. The Labute approximate surface area is 195 Å². The molecule has 4 N–H and O–H groups in total. The summed E-state index contributed by atoms with van der Waals surface area (Å²) in [5.74, 6) is -0.473. The maximum Gasteiger partial charge on any atom is 0.271 e. The largest absolute Gasteiger partial charge is 0.506 e. The van der Waals surface area contributed by atoms with Gasteiger partial charge in [-0.05, 0) is 54.1 Å². The molecule has 1 heterocycles. The van der Waals surface area contributed by atoms with Gasteiger partial charge < -0.3 is 15.4 Å². The normalized spacial score (nSPS) is 11.3. The third-order valence-electron chi connectivity index (χ3n) is 4.78. The zero-order valence-electron chi connectivity index (χ0n) is 16.2. The predicted molar refractivity (Wildman–Crippen MR) is 130 cm³/mol. The Kier molecular flexibility index (Phi) is 6.11. The Bertz CT molecular complexity index is 1290. The Morgan fingerprint density at radius 3 is 2.61 bits per heavy atom. The van der Waals surface area contributed by atoms with E-state index >= 15 is 0 Å². The first-order valence-electron chi connectivity index (χ1n) is 9.35. The topological polar surface area (TPSA) is 92.6 Å². The van der Waals surface area contributed by atoms with Crippen LogP contribution < -0.4 is 11.2 Å². The number of benzene rings is 3. The summed E-state index contributed by atoms with van der Waals surface area (Å²) in [5, 5.41) is 14.6. The number of phenols is 1. The summed E-state index contributed by atoms with van der Waals surface area (Å²) in [7, 11) is 0. The van der Waals surface area contributed by atoms with Gasteiger partial charge in [-0.15, -0.1) is 0 Å². The van der Waals surface area contributed by atoms with Crippen molar-refractivity contribution in [3.63, 3.8) is 0 Å². The van der Waals surface area contributed by atoms with E-state index in [9.17, 15) is 9.90 Å².